The number of methoxy groups -OCH3 is 1. The number of rotatable bonds is 15. The van der Waals surface area contributed by atoms with Gasteiger partial charge in [-0.3, -0.25) is 4.79 Å². The molecule has 8 bridgehead atoms. The third-order valence-corrected chi connectivity index (χ3v) is 15.2. The van der Waals surface area contributed by atoms with Crippen LogP contribution in [0.1, 0.15) is 86.5 Å². The van der Waals surface area contributed by atoms with E-state index in [4.69, 9.17) is 18.9 Å². The summed E-state index contributed by atoms with van der Waals surface area (Å²) in [4.78, 5) is 11.9. The van der Waals surface area contributed by atoms with Gasteiger partial charge in [-0.1, -0.05) is 41.0 Å². The minimum atomic E-state index is -0.714. The first-order chi connectivity index (χ1) is 24.5. The SMILES string of the molecule is CCC1C2CC3NC4C(CC(O)C4C3C)C3NC(CC4NC(CC(N2)C1C)C(C(C)OCCOCCOCCOC)C4C)C(C)C3CCC(=O)O. The number of fused-ring (bicyclic) bond motifs is 8. The van der Waals surface area contributed by atoms with Crippen molar-refractivity contribution in [1.82, 2.24) is 21.3 Å². The molecule has 0 aromatic carbocycles. The van der Waals surface area contributed by atoms with Crippen molar-refractivity contribution >= 4 is 5.97 Å². The second-order valence-corrected chi connectivity index (χ2v) is 17.6. The van der Waals surface area contributed by atoms with Crippen molar-refractivity contribution in [2.24, 2.45) is 53.3 Å². The standard InChI is InChI=1S/C40H72N4O7/c1-8-26-21(2)29-20-34-37(25(6)51-16-15-50-14-13-49-12-11-48-7)23(4)31(42-34)18-30-22(3)27(9-10-36(46)47)39(43-30)28-17-35(45)38-24(5)32(44-40(28)38)19-33(26)41-29/h21-35,37-45H,8-20H2,1-7H3,(H,46,47). The highest BCUT2D eigenvalue weighted by molar-refractivity contribution is 5.66. The predicted molar refractivity (Wildman–Crippen MR) is 198 cm³/mol. The number of aliphatic carboxylic acids is 1. The van der Waals surface area contributed by atoms with Gasteiger partial charge in [0.25, 0.3) is 0 Å². The zero-order valence-corrected chi connectivity index (χ0v) is 32.6. The van der Waals surface area contributed by atoms with Gasteiger partial charge in [0.05, 0.1) is 51.8 Å². The highest BCUT2D eigenvalue weighted by Crippen LogP contribution is 2.50. The van der Waals surface area contributed by atoms with Crippen LogP contribution in [0, 0.1) is 53.3 Å². The van der Waals surface area contributed by atoms with Crippen LogP contribution in [0.2, 0.25) is 0 Å². The Kier molecular flexibility index (Phi) is 13.8. The van der Waals surface area contributed by atoms with E-state index < -0.39 is 5.97 Å². The molecule has 5 heterocycles. The van der Waals surface area contributed by atoms with E-state index >= 15 is 0 Å². The molecule has 19 unspecified atom stereocenters. The molecule has 0 spiro atoms. The van der Waals surface area contributed by atoms with E-state index in [2.05, 4.69) is 62.8 Å². The van der Waals surface area contributed by atoms with Gasteiger partial charge in [-0.15, -0.1) is 0 Å². The van der Waals surface area contributed by atoms with Crippen LogP contribution in [0.15, 0.2) is 0 Å². The van der Waals surface area contributed by atoms with Crippen molar-refractivity contribution in [2.75, 3.05) is 46.8 Å². The molecule has 19 atom stereocenters. The van der Waals surface area contributed by atoms with Crippen LogP contribution in [-0.4, -0.2) is 123 Å². The monoisotopic (exact) mass is 721 g/mol. The van der Waals surface area contributed by atoms with Gasteiger partial charge in [-0.25, -0.2) is 0 Å². The molecule has 5 saturated heterocycles. The normalized spacial score (nSPS) is 46.9. The van der Waals surface area contributed by atoms with Crippen LogP contribution in [0.3, 0.4) is 0 Å². The fraction of sp³-hybridized carbons (Fsp3) is 0.975. The second-order valence-electron chi connectivity index (χ2n) is 17.6. The van der Waals surface area contributed by atoms with Crippen molar-refractivity contribution < 1.29 is 34.0 Å². The lowest BCUT2D eigenvalue weighted by Crippen LogP contribution is -2.49. The molecule has 51 heavy (non-hydrogen) atoms. The maximum absolute atomic E-state index is 11.9. The van der Waals surface area contributed by atoms with Crippen molar-refractivity contribution in [1.29, 1.82) is 0 Å². The van der Waals surface area contributed by atoms with Gasteiger partial charge in [0.15, 0.2) is 0 Å². The lowest BCUT2D eigenvalue weighted by molar-refractivity contribution is -0.137. The first-order valence-electron chi connectivity index (χ1n) is 20.7. The third-order valence-electron chi connectivity index (χ3n) is 15.2. The number of carboxylic acids is 1. The molecule has 1 aliphatic carbocycles. The highest BCUT2D eigenvalue weighted by Gasteiger charge is 2.58. The smallest absolute Gasteiger partial charge is 0.303 e. The van der Waals surface area contributed by atoms with Gasteiger partial charge in [-0.05, 0) is 80.5 Å². The van der Waals surface area contributed by atoms with Crippen LogP contribution >= 0.6 is 0 Å². The van der Waals surface area contributed by atoms with Gasteiger partial charge < -0.3 is 50.4 Å². The third kappa shape index (κ3) is 8.52. The summed E-state index contributed by atoms with van der Waals surface area (Å²) < 4.78 is 23.0. The quantitative estimate of drug-likeness (QED) is 0.139. The molecule has 0 amide bonds. The molecule has 6 aliphatic rings. The molecular weight excluding hydrogens is 648 g/mol. The maximum atomic E-state index is 11.9. The van der Waals surface area contributed by atoms with Gasteiger partial charge in [0.1, 0.15) is 0 Å². The van der Waals surface area contributed by atoms with Crippen molar-refractivity contribution in [3.63, 3.8) is 0 Å². The Labute approximate surface area is 307 Å². The molecule has 0 aromatic heterocycles. The molecule has 294 valence electrons. The number of hydrogen-bond acceptors (Lipinski definition) is 10. The number of aliphatic hydroxyl groups is 1. The number of aliphatic hydroxyl groups excluding tert-OH is 1. The Morgan fingerprint density at radius 3 is 1.98 bits per heavy atom. The minimum absolute atomic E-state index is 0.0864. The molecule has 11 heteroatoms. The number of carboxylic acid groups (broad SMARTS) is 1. The van der Waals surface area contributed by atoms with Gasteiger partial charge in [0.2, 0.25) is 0 Å². The van der Waals surface area contributed by atoms with Crippen LogP contribution in [-0.2, 0) is 23.7 Å². The summed E-state index contributed by atoms with van der Waals surface area (Å²) >= 11 is 0. The van der Waals surface area contributed by atoms with E-state index in [0.717, 1.165) is 25.7 Å². The van der Waals surface area contributed by atoms with E-state index in [1.807, 2.05) is 0 Å². The average molecular weight is 721 g/mol. The van der Waals surface area contributed by atoms with Crippen LogP contribution in [0.4, 0.5) is 0 Å². The lowest BCUT2D eigenvalue weighted by atomic mass is 9.76. The van der Waals surface area contributed by atoms with Crippen molar-refractivity contribution in [2.45, 2.75) is 147 Å². The summed E-state index contributed by atoms with van der Waals surface area (Å²) in [6.07, 6.45) is 5.80. The Hall–Kier alpha value is -0.890. The molecule has 5 aliphatic heterocycles. The average Bonchev–Trinajstić information content (AvgIpc) is 3.85. The maximum Gasteiger partial charge on any atom is 0.303 e. The molecule has 6 fully saturated rings. The van der Waals surface area contributed by atoms with Crippen molar-refractivity contribution in [3.05, 3.63) is 0 Å². The first kappa shape index (κ1) is 39.8. The topological polar surface area (TPSA) is 143 Å². The lowest BCUT2D eigenvalue weighted by Gasteiger charge is -2.32. The molecule has 11 nitrogen and oxygen atoms in total. The summed E-state index contributed by atoms with van der Waals surface area (Å²) in [5, 5.41) is 38.0. The van der Waals surface area contributed by atoms with E-state index in [1.54, 1.807) is 7.11 Å². The van der Waals surface area contributed by atoms with E-state index in [1.165, 1.54) is 6.42 Å². The van der Waals surface area contributed by atoms with Crippen LogP contribution in [0.5, 0.6) is 0 Å². The molecule has 0 aromatic rings. The fourth-order valence-electron chi connectivity index (χ4n) is 12.5. The zero-order valence-electron chi connectivity index (χ0n) is 32.6. The van der Waals surface area contributed by atoms with Gasteiger partial charge in [0, 0.05) is 73.7 Å². The number of nitrogens with one attached hydrogen (secondary N) is 4. The van der Waals surface area contributed by atoms with E-state index in [0.29, 0.717) is 124 Å². The molecule has 6 rings (SSSR count). The van der Waals surface area contributed by atoms with Crippen LogP contribution in [0.25, 0.3) is 0 Å². The molecule has 0 radical (unpaired) electrons. The van der Waals surface area contributed by atoms with Crippen molar-refractivity contribution in [3.8, 4) is 0 Å². The Bertz CT molecular complexity index is 1120. The summed E-state index contributed by atoms with van der Waals surface area (Å²) in [7, 11) is 1.68. The number of hydrogen-bond donors (Lipinski definition) is 6. The molecule has 1 saturated carbocycles. The first-order valence-corrected chi connectivity index (χ1v) is 20.7. The minimum Gasteiger partial charge on any atom is -0.481 e. The second kappa shape index (κ2) is 17.7. The Morgan fingerprint density at radius 2 is 1.27 bits per heavy atom. The largest absolute Gasteiger partial charge is 0.481 e. The van der Waals surface area contributed by atoms with Gasteiger partial charge in [-0.2, -0.15) is 0 Å². The molecule has 6 N–H and O–H groups in total. The van der Waals surface area contributed by atoms with E-state index in [9.17, 15) is 15.0 Å². The molecular formula is C40H72N4O7. The summed E-state index contributed by atoms with van der Waals surface area (Å²) in [5.41, 5.74) is 0. The zero-order chi connectivity index (χ0) is 36.4. The fourth-order valence-corrected chi connectivity index (χ4v) is 12.5. The predicted octanol–water partition coefficient (Wildman–Crippen LogP) is 3.28. The van der Waals surface area contributed by atoms with Gasteiger partial charge >= 0.3 is 5.97 Å². The highest BCUT2D eigenvalue weighted by atomic mass is 16.6. The summed E-state index contributed by atoms with van der Waals surface area (Å²) in [6.45, 7) is 17.6. The summed E-state index contributed by atoms with van der Waals surface area (Å²) in [6, 6.07) is 2.69. The Morgan fingerprint density at radius 1 is 0.706 bits per heavy atom. The van der Waals surface area contributed by atoms with E-state index in [-0.39, 0.29) is 42.5 Å². The number of carbonyl (C=O) groups is 1. The van der Waals surface area contributed by atoms with Crippen LogP contribution < -0.4 is 21.3 Å². The Balaban J connectivity index is 1.21. The number of ether oxygens (including phenoxy) is 4. The summed E-state index contributed by atoms with van der Waals surface area (Å²) in [5.74, 6) is 2.87.